The van der Waals surface area contributed by atoms with E-state index in [1.807, 2.05) is 0 Å². The number of nitrogens with zero attached hydrogens (tertiary/aromatic N) is 2. The molecule has 0 bridgehead atoms. The van der Waals surface area contributed by atoms with Crippen LogP contribution in [0.15, 0.2) is 53.0 Å². The van der Waals surface area contributed by atoms with Gasteiger partial charge in [0.1, 0.15) is 22.8 Å². The van der Waals surface area contributed by atoms with Crippen LogP contribution in [0, 0.1) is 11.8 Å². The largest absolute Gasteiger partial charge is 0.573 e. The molecule has 3 aliphatic carbocycles. The van der Waals surface area contributed by atoms with Crippen LogP contribution in [0.1, 0.15) is 22.3 Å². The molecule has 0 unspecified atom stereocenters. The van der Waals surface area contributed by atoms with Crippen LogP contribution in [0.3, 0.4) is 0 Å². The van der Waals surface area contributed by atoms with Gasteiger partial charge in [-0.05, 0) is 68.8 Å². The summed E-state index contributed by atoms with van der Waals surface area (Å²) in [4.78, 5) is 55.7. The number of hydrogen-bond donors (Lipinski definition) is 7. The van der Waals surface area contributed by atoms with Crippen molar-refractivity contribution < 1.29 is 57.5 Å². The number of amides is 3. The minimum atomic E-state index is -4.91. The van der Waals surface area contributed by atoms with Gasteiger partial charge in [-0.15, -0.1) is 13.2 Å². The van der Waals surface area contributed by atoms with Crippen molar-refractivity contribution in [2.24, 2.45) is 17.6 Å². The van der Waals surface area contributed by atoms with E-state index in [1.165, 1.54) is 25.1 Å². The van der Waals surface area contributed by atoms with Gasteiger partial charge in [-0.3, -0.25) is 19.3 Å². The number of aromatic hydroxyl groups is 1. The highest BCUT2D eigenvalue weighted by molar-refractivity contribution is 6.25. The SMILES string of the molecule is CN(C)c1cc(NC(=O)Nc2ccc(OC(F)(F)F)cc2)c(O)c2c1C[C@@H]1C[C@@H]3[C@@H](N(C)C)C(O)=C(C(N)=O)C(=O)[C@@]3(O)C(O)=C1C2=O. The van der Waals surface area contributed by atoms with Crippen LogP contribution in [-0.4, -0.2) is 95.0 Å². The number of halogens is 3. The molecule has 0 aromatic heterocycles. The molecule has 256 valence electrons. The number of urea groups is 1. The van der Waals surface area contributed by atoms with Crippen LogP contribution >= 0.6 is 0 Å². The fourth-order valence-electron chi connectivity index (χ4n) is 6.82. The Kier molecular flexibility index (Phi) is 8.33. The summed E-state index contributed by atoms with van der Waals surface area (Å²) >= 11 is 0. The van der Waals surface area contributed by atoms with Crippen molar-refractivity contribution in [3.05, 3.63) is 64.1 Å². The van der Waals surface area contributed by atoms with E-state index >= 15 is 0 Å². The van der Waals surface area contributed by atoms with Crippen LogP contribution in [0.2, 0.25) is 0 Å². The molecular formula is C31H32F3N5O9. The molecule has 2 aromatic carbocycles. The van der Waals surface area contributed by atoms with Crippen LogP contribution < -0.4 is 26.0 Å². The summed E-state index contributed by atoms with van der Waals surface area (Å²) in [5, 5.41) is 50.3. The van der Waals surface area contributed by atoms with Crippen molar-refractivity contribution in [3.63, 3.8) is 0 Å². The van der Waals surface area contributed by atoms with Crippen molar-refractivity contribution in [1.29, 1.82) is 0 Å². The molecule has 3 amide bonds. The van der Waals surface area contributed by atoms with Crippen molar-refractivity contribution in [3.8, 4) is 11.5 Å². The Labute approximate surface area is 270 Å². The maximum absolute atomic E-state index is 14.1. The third kappa shape index (κ3) is 5.53. The number of alkyl halides is 3. The molecule has 17 heteroatoms. The minimum Gasteiger partial charge on any atom is -0.510 e. The summed E-state index contributed by atoms with van der Waals surface area (Å²) < 4.78 is 41.2. The first kappa shape index (κ1) is 34.1. The highest BCUT2D eigenvalue weighted by Gasteiger charge is 2.63. The van der Waals surface area contributed by atoms with Crippen LogP contribution in [0.4, 0.5) is 35.0 Å². The van der Waals surface area contributed by atoms with E-state index < -0.39 is 81.9 Å². The van der Waals surface area contributed by atoms with Crippen LogP contribution in [0.5, 0.6) is 11.5 Å². The number of phenols is 1. The zero-order chi connectivity index (χ0) is 35.6. The number of likely N-dealkylation sites (N-methyl/N-ethyl adjacent to an activating group) is 1. The number of nitrogens with one attached hydrogen (secondary N) is 2. The molecule has 3 aliphatic rings. The number of aliphatic hydroxyl groups is 3. The lowest BCUT2D eigenvalue weighted by atomic mass is 9.58. The predicted octanol–water partition coefficient (Wildman–Crippen LogP) is 2.73. The fraction of sp³-hybridized carbons (Fsp3) is 0.355. The number of anilines is 3. The number of hydrogen-bond acceptors (Lipinski definition) is 11. The molecule has 4 atom stereocenters. The highest BCUT2D eigenvalue weighted by Crippen LogP contribution is 2.54. The van der Waals surface area contributed by atoms with Gasteiger partial charge >= 0.3 is 12.4 Å². The van der Waals surface area contributed by atoms with E-state index in [0.29, 0.717) is 11.3 Å². The molecule has 0 fully saturated rings. The molecule has 14 nitrogen and oxygen atoms in total. The van der Waals surface area contributed by atoms with Gasteiger partial charge in [-0.2, -0.15) is 0 Å². The summed E-state index contributed by atoms with van der Waals surface area (Å²) in [5.41, 5.74) is 1.45. The first-order chi connectivity index (χ1) is 22.3. The second-order valence-electron chi connectivity index (χ2n) is 12.2. The lowest BCUT2D eigenvalue weighted by Crippen LogP contribution is -2.63. The summed E-state index contributed by atoms with van der Waals surface area (Å²) in [7, 11) is 6.34. The molecule has 48 heavy (non-hydrogen) atoms. The number of nitrogens with two attached hydrogens (primary N) is 1. The molecule has 0 aliphatic heterocycles. The molecule has 2 aromatic rings. The van der Waals surface area contributed by atoms with E-state index in [-0.39, 0.29) is 35.4 Å². The minimum absolute atomic E-state index is 0.0223. The Balaban J connectivity index is 1.54. The van der Waals surface area contributed by atoms with Crippen LogP contribution in [-0.2, 0) is 16.0 Å². The number of carbonyl (C=O) groups is 4. The Bertz CT molecular complexity index is 1800. The average Bonchev–Trinajstić information content (AvgIpc) is 2.96. The van der Waals surface area contributed by atoms with Gasteiger partial charge < -0.3 is 46.4 Å². The number of primary amides is 1. The summed E-state index contributed by atoms with van der Waals surface area (Å²) in [5.74, 6) is -8.61. The molecule has 0 spiro atoms. The number of ether oxygens (including phenoxy) is 1. The van der Waals surface area contributed by atoms with Gasteiger partial charge in [0, 0.05) is 37.0 Å². The first-order valence-electron chi connectivity index (χ1n) is 14.4. The van der Waals surface area contributed by atoms with E-state index in [9.17, 15) is 52.8 Å². The number of rotatable bonds is 6. The molecule has 5 rings (SSSR count). The average molecular weight is 676 g/mol. The van der Waals surface area contributed by atoms with Gasteiger partial charge in [0.2, 0.25) is 5.78 Å². The van der Waals surface area contributed by atoms with Crippen molar-refractivity contribution in [1.82, 2.24) is 4.90 Å². The van der Waals surface area contributed by atoms with E-state index in [0.717, 1.165) is 24.3 Å². The Morgan fingerprint density at radius 2 is 1.67 bits per heavy atom. The molecule has 0 saturated heterocycles. The number of Topliss-reactive ketones (excluding diaryl/α,β-unsaturated/α-hetero) is 2. The zero-order valence-electron chi connectivity index (χ0n) is 26.0. The maximum Gasteiger partial charge on any atom is 0.573 e. The van der Waals surface area contributed by atoms with Crippen molar-refractivity contribution in [2.45, 2.75) is 30.8 Å². The Morgan fingerprint density at radius 3 is 2.21 bits per heavy atom. The molecule has 0 radical (unpaired) electrons. The second-order valence-corrected chi connectivity index (χ2v) is 12.2. The van der Waals surface area contributed by atoms with E-state index in [4.69, 9.17) is 5.73 Å². The lowest BCUT2D eigenvalue weighted by Gasteiger charge is -2.50. The monoisotopic (exact) mass is 675 g/mol. The second kappa shape index (κ2) is 11.7. The van der Waals surface area contributed by atoms with Gasteiger partial charge in [-0.1, -0.05) is 0 Å². The first-order valence-corrected chi connectivity index (χ1v) is 14.4. The normalized spacial score (nSPS) is 23.7. The smallest absolute Gasteiger partial charge is 0.510 e. The van der Waals surface area contributed by atoms with Gasteiger partial charge in [0.05, 0.1) is 17.3 Å². The van der Waals surface area contributed by atoms with E-state index in [2.05, 4.69) is 15.4 Å². The quantitative estimate of drug-likeness (QED) is 0.175. The van der Waals surface area contributed by atoms with Crippen molar-refractivity contribution >= 4 is 40.6 Å². The Morgan fingerprint density at radius 1 is 1.04 bits per heavy atom. The molecule has 8 N–H and O–H groups in total. The number of benzene rings is 2. The van der Waals surface area contributed by atoms with Gasteiger partial charge in [-0.25, -0.2) is 4.79 Å². The Hall–Kier alpha value is -5.29. The number of allylic oxidation sites excluding steroid dienone is 1. The van der Waals surface area contributed by atoms with E-state index in [1.54, 1.807) is 19.0 Å². The number of phenolic OH excluding ortho intramolecular Hbond substituents is 1. The number of ketones is 2. The van der Waals surface area contributed by atoms with Gasteiger partial charge in [0.25, 0.3) is 5.91 Å². The van der Waals surface area contributed by atoms with Crippen molar-refractivity contribution in [2.75, 3.05) is 43.7 Å². The number of fused-ring (bicyclic) bond motifs is 3. The predicted molar refractivity (Wildman–Crippen MR) is 164 cm³/mol. The highest BCUT2D eigenvalue weighted by atomic mass is 19.4. The third-order valence-corrected chi connectivity index (χ3v) is 8.77. The third-order valence-electron chi connectivity index (χ3n) is 8.77. The topological polar surface area (TPSA) is 215 Å². The maximum atomic E-state index is 14.1. The summed E-state index contributed by atoms with van der Waals surface area (Å²) in [6.45, 7) is 0. The van der Waals surface area contributed by atoms with Crippen LogP contribution in [0.25, 0.3) is 0 Å². The van der Waals surface area contributed by atoms with Gasteiger partial charge in [0.15, 0.2) is 17.1 Å². The molecule has 0 heterocycles. The zero-order valence-corrected chi connectivity index (χ0v) is 26.0. The standard InChI is InChI=1S/C31H32F3N5O9/c1-38(2)18-11-17(37-29(46)36-13-5-7-14(8-6-13)48-31(32,33)34)23(40)20-15(18)9-12-10-16-22(39(3)4)25(42)21(28(35)45)27(44)30(16,47)26(43)19(12)24(20)41/h5-8,11-12,16,22,40,42-43,47H,9-10H2,1-4H3,(H2,35,45)(H2,36,37,46)/t12-,16-,22-,30+/m1/s1. The fourth-order valence-corrected chi connectivity index (χ4v) is 6.82. The molecule has 0 saturated carbocycles. The number of carbonyl (C=O) groups excluding carboxylic acids is 4. The summed E-state index contributed by atoms with van der Waals surface area (Å²) in [6, 6.07) is 3.55. The summed E-state index contributed by atoms with van der Waals surface area (Å²) in [6.07, 6.45) is -4.99. The number of aliphatic hydroxyl groups excluding tert-OH is 2. The molecular weight excluding hydrogens is 643 g/mol. The lowest BCUT2D eigenvalue weighted by molar-refractivity contribution is -0.274.